The van der Waals surface area contributed by atoms with Crippen molar-refractivity contribution < 1.29 is 13.9 Å². The number of halogens is 2. The topological polar surface area (TPSA) is 38.3 Å². The van der Waals surface area contributed by atoms with Crippen LogP contribution in [0.25, 0.3) is 0 Å². The van der Waals surface area contributed by atoms with Crippen LogP contribution in [0, 0.1) is 12.7 Å². The molecule has 0 spiro atoms. The molecule has 1 amide bonds. The number of carbonyl (C=O) groups excluding carboxylic acids is 1. The number of nitrogens with one attached hydrogen (secondary N) is 1. The van der Waals surface area contributed by atoms with Gasteiger partial charge in [0.2, 0.25) is 0 Å². The number of benzene rings is 2. The average molecular weight is 368 g/mol. The van der Waals surface area contributed by atoms with Crippen LogP contribution in [-0.4, -0.2) is 11.5 Å². The molecule has 0 aromatic heterocycles. The predicted octanol–water partition coefficient (Wildman–Crippen LogP) is 5.82. The number of hydrogen-bond acceptors (Lipinski definition) is 3. The molecule has 2 aromatic rings. The molecule has 2 aromatic carbocycles. The number of thioether (sulfide) groups is 1. The van der Waals surface area contributed by atoms with Gasteiger partial charge in [-0.15, -0.1) is 0 Å². The summed E-state index contributed by atoms with van der Waals surface area (Å²) in [7, 11) is 0. The molecule has 128 valence electrons. The summed E-state index contributed by atoms with van der Waals surface area (Å²) in [4.78, 5) is 11.6. The van der Waals surface area contributed by atoms with Gasteiger partial charge in [-0.1, -0.05) is 36.4 Å². The zero-order chi connectivity index (χ0) is 17.7. The first kappa shape index (κ1) is 18.6. The number of amides is 1. The maximum Gasteiger partial charge on any atom is 0.283 e. The molecule has 0 fully saturated rings. The Hall–Kier alpha value is -1.72. The summed E-state index contributed by atoms with van der Waals surface area (Å²) in [6.07, 6.45) is 2.45. The van der Waals surface area contributed by atoms with E-state index in [0.717, 1.165) is 29.3 Å². The van der Waals surface area contributed by atoms with Gasteiger partial charge in [0, 0.05) is 16.3 Å². The second-order valence-corrected chi connectivity index (χ2v) is 6.42. The number of hydrogen-bond donors (Lipinski definition) is 1. The molecule has 0 atom stereocenters. The zero-order valence-electron chi connectivity index (χ0n) is 13.8. The first-order valence-electron chi connectivity index (χ1n) is 7.50. The minimum atomic E-state index is -0.404. The lowest BCUT2D eigenvalue weighted by molar-refractivity contribution is 0.269. The summed E-state index contributed by atoms with van der Waals surface area (Å²) in [5.41, 5.74) is 3.09. The summed E-state index contributed by atoms with van der Waals surface area (Å²) in [6.45, 7) is 3.96. The van der Waals surface area contributed by atoms with Crippen molar-refractivity contribution in [2.75, 3.05) is 11.6 Å². The Labute approximate surface area is 150 Å². The molecule has 24 heavy (non-hydrogen) atoms. The van der Waals surface area contributed by atoms with E-state index in [2.05, 4.69) is 5.32 Å². The second-order valence-electron chi connectivity index (χ2n) is 5.23. The fraction of sp³-hybridized carbons (Fsp3) is 0.278. The van der Waals surface area contributed by atoms with Crippen molar-refractivity contribution in [2.45, 2.75) is 26.9 Å². The summed E-state index contributed by atoms with van der Waals surface area (Å²) in [5, 5.41) is 3.00. The third-order valence-corrected chi connectivity index (χ3v) is 4.51. The van der Waals surface area contributed by atoms with Crippen molar-refractivity contribution >= 4 is 34.3 Å². The second kappa shape index (κ2) is 8.40. The van der Waals surface area contributed by atoms with E-state index in [1.807, 2.05) is 13.8 Å². The predicted molar refractivity (Wildman–Crippen MR) is 98.8 cm³/mol. The van der Waals surface area contributed by atoms with E-state index in [9.17, 15) is 9.18 Å². The van der Waals surface area contributed by atoms with Gasteiger partial charge in [-0.05, 0) is 55.0 Å². The monoisotopic (exact) mass is 367 g/mol. The zero-order valence-corrected chi connectivity index (χ0v) is 15.4. The van der Waals surface area contributed by atoms with E-state index in [-0.39, 0.29) is 17.6 Å². The number of anilines is 1. The summed E-state index contributed by atoms with van der Waals surface area (Å²) in [6, 6.07) is 8.36. The first-order valence-corrected chi connectivity index (χ1v) is 9.10. The number of ether oxygens (including phenoxy) is 1. The fourth-order valence-electron chi connectivity index (χ4n) is 2.32. The number of rotatable bonds is 5. The molecule has 0 unspecified atom stereocenters. The third-order valence-electron chi connectivity index (χ3n) is 3.68. The molecule has 3 nitrogen and oxygen atoms in total. The number of carbonyl (C=O) groups is 1. The lowest BCUT2D eigenvalue weighted by Crippen LogP contribution is -2.09. The Morgan fingerprint density at radius 2 is 2.12 bits per heavy atom. The van der Waals surface area contributed by atoms with Crippen LogP contribution in [0.5, 0.6) is 5.75 Å². The first-order chi connectivity index (χ1) is 11.5. The van der Waals surface area contributed by atoms with Crippen LogP contribution >= 0.6 is 23.4 Å². The van der Waals surface area contributed by atoms with Crippen molar-refractivity contribution in [3.05, 3.63) is 57.9 Å². The van der Waals surface area contributed by atoms with Crippen molar-refractivity contribution in [2.24, 2.45) is 0 Å². The lowest BCUT2D eigenvalue weighted by Gasteiger charge is -2.15. The van der Waals surface area contributed by atoms with E-state index < -0.39 is 5.82 Å². The third kappa shape index (κ3) is 4.42. The van der Waals surface area contributed by atoms with E-state index in [4.69, 9.17) is 16.3 Å². The average Bonchev–Trinajstić information content (AvgIpc) is 2.56. The van der Waals surface area contributed by atoms with Crippen LogP contribution < -0.4 is 10.1 Å². The molecule has 0 saturated carbocycles. The Morgan fingerprint density at radius 3 is 2.79 bits per heavy atom. The highest BCUT2D eigenvalue weighted by atomic mass is 35.5. The molecule has 0 bridgehead atoms. The van der Waals surface area contributed by atoms with Gasteiger partial charge in [-0.2, -0.15) is 0 Å². The quantitative estimate of drug-likeness (QED) is 0.723. The van der Waals surface area contributed by atoms with Crippen LogP contribution in [0.4, 0.5) is 14.9 Å². The molecular weight excluding hydrogens is 349 g/mol. The van der Waals surface area contributed by atoms with Crippen LogP contribution in [0.3, 0.4) is 0 Å². The highest BCUT2D eigenvalue weighted by molar-refractivity contribution is 8.13. The van der Waals surface area contributed by atoms with E-state index >= 15 is 0 Å². The van der Waals surface area contributed by atoms with Crippen molar-refractivity contribution in [1.82, 2.24) is 0 Å². The molecule has 0 heterocycles. The Kier molecular flexibility index (Phi) is 6.52. The molecular formula is C18H19ClFNO2S. The smallest absolute Gasteiger partial charge is 0.283 e. The fourth-order valence-corrected chi connectivity index (χ4v) is 2.76. The molecule has 0 aliphatic rings. The standard InChI is InChI=1S/C18H19ClFNO2S/c1-4-12-9-15(20)17(8-11(12)2)23-10-13-14(19)6-5-7-16(13)21-18(22)24-3/h5-9H,4,10H2,1-3H3,(H,21,22). The largest absolute Gasteiger partial charge is 0.486 e. The van der Waals surface area contributed by atoms with Gasteiger partial charge in [-0.3, -0.25) is 4.79 Å². The Bertz CT molecular complexity index is 752. The van der Waals surface area contributed by atoms with Gasteiger partial charge >= 0.3 is 0 Å². The van der Waals surface area contributed by atoms with Crippen molar-refractivity contribution in [3.8, 4) is 5.75 Å². The molecule has 0 aliphatic heterocycles. The van der Waals surface area contributed by atoms with Crippen LogP contribution in [0.2, 0.25) is 5.02 Å². The Morgan fingerprint density at radius 1 is 1.38 bits per heavy atom. The minimum absolute atomic E-state index is 0.0610. The van der Waals surface area contributed by atoms with Crippen LogP contribution in [0.15, 0.2) is 30.3 Å². The van der Waals surface area contributed by atoms with Gasteiger partial charge in [-0.25, -0.2) is 4.39 Å². The molecule has 0 radical (unpaired) electrons. The molecule has 0 aliphatic carbocycles. The maximum absolute atomic E-state index is 14.2. The van der Waals surface area contributed by atoms with E-state index in [1.165, 1.54) is 6.07 Å². The summed E-state index contributed by atoms with van der Waals surface area (Å²) < 4.78 is 19.8. The highest BCUT2D eigenvalue weighted by Crippen LogP contribution is 2.29. The SMILES string of the molecule is CCc1cc(F)c(OCc2c(Cl)cccc2NC(=O)SC)cc1C. The Balaban J connectivity index is 2.23. The van der Waals surface area contributed by atoms with Gasteiger partial charge < -0.3 is 10.1 Å². The van der Waals surface area contributed by atoms with Crippen molar-refractivity contribution in [3.63, 3.8) is 0 Å². The van der Waals surface area contributed by atoms with Gasteiger partial charge in [0.1, 0.15) is 6.61 Å². The molecule has 2 rings (SSSR count). The molecule has 1 N–H and O–H groups in total. The van der Waals surface area contributed by atoms with Gasteiger partial charge in [0.25, 0.3) is 5.24 Å². The van der Waals surface area contributed by atoms with Crippen LogP contribution in [-0.2, 0) is 13.0 Å². The van der Waals surface area contributed by atoms with E-state index in [0.29, 0.717) is 16.3 Å². The number of aryl methyl sites for hydroxylation is 2. The normalized spacial score (nSPS) is 10.5. The van der Waals surface area contributed by atoms with Crippen LogP contribution in [0.1, 0.15) is 23.6 Å². The molecule has 0 saturated heterocycles. The van der Waals surface area contributed by atoms with E-state index in [1.54, 1.807) is 30.5 Å². The summed E-state index contributed by atoms with van der Waals surface area (Å²) in [5.74, 6) is -0.231. The molecule has 6 heteroatoms. The van der Waals surface area contributed by atoms with Crippen molar-refractivity contribution in [1.29, 1.82) is 0 Å². The maximum atomic E-state index is 14.2. The highest BCUT2D eigenvalue weighted by Gasteiger charge is 2.13. The lowest BCUT2D eigenvalue weighted by atomic mass is 10.1. The van der Waals surface area contributed by atoms with Gasteiger partial charge in [0.05, 0.1) is 0 Å². The minimum Gasteiger partial charge on any atom is -0.486 e. The summed E-state index contributed by atoms with van der Waals surface area (Å²) >= 11 is 7.27. The van der Waals surface area contributed by atoms with Gasteiger partial charge in [0.15, 0.2) is 11.6 Å².